The van der Waals surface area contributed by atoms with E-state index < -0.39 is 0 Å². The largest absolute Gasteiger partial charge is 0.117 e. The first-order chi connectivity index (χ1) is 10.0. The van der Waals surface area contributed by atoms with Gasteiger partial charge in [0.25, 0.3) is 0 Å². The summed E-state index contributed by atoms with van der Waals surface area (Å²) in [6.45, 7) is 8.70. The smallest absolute Gasteiger partial charge is 0.0628 e. The standard InChI is InChI=1S/C20H25Cl/c1-5-16-9-10-17(6-2)19(12-16)20(21)13-18-11-14(3)7-8-15(18)4/h7-12,20H,5-6,13H2,1-4H3. The molecule has 0 aliphatic heterocycles. The molecule has 0 radical (unpaired) electrons. The summed E-state index contributed by atoms with van der Waals surface area (Å²) in [5.41, 5.74) is 8.04. The summed E-state index contributed by atoms with van der Waals surface area (Å²) < 4.78 is 0. The summed E-state index contributed by atoms with van der Waals surface area (Å²) in [5, 5.41) is 0.0481. The van der Waals surface area contributed by atoms with E-state index in [0.29, 0.717) is 0 Å². The second-order valence-electron chi connectivity index (χ2n) is 5.84. The molecule has 1 atom stereocenters. The molecule has 1 unspecified atom stereocenters. The molecule has 2 aromatic rings. The highest BCUT2D eigenvalue weighted by atomic mass is 35.5. The minimum atomic E-state index is 0.0481. The summed E-state index contributed by atoms with van der Waals surface area (Å²) in [7, 11) is 0. The molecule has 0 bridgehead atoms. The third-order valence-electron chi connectivity index (χ3n) is 4.24. The molecule has 2 aromatic carbocycles. The van der Waals surface area contributed by atoms with Crippen molar-refractivity contribution in [2.45, 2.75) is 52.3 Å². The van der Waals surface area contributed by atoms with Crippen LogP contribution in [0.25, 0.3) is 0 Å². The molecule has 0 N–H and O–H groups in total. The van der Waals surface area contributed by atoms with Gasteiger partial charge >= 0.3 is 0 Å². The molecule has 21 heavy (non-hydrogen) atoms. The highest BCUT2D eigenvalue weighted by Crippen LogP contribution is 2.30. The molecule has 0 fully saturated rings. The van der Waals surface area contributed by atoms with Gasteiger partial charge < -0.3 is 0 Å². The van der Waals surface area contributed by atoms with Crippen LogP contribution >= 0.6 is 11.6 Å². The van der Waals surface area contributed by atoms with Crippen molar-refractivity contribution in [3.63, 3.8) is 0 Å². The molecule has 0 nitrogen and oxygen atoms in total. The fraction of sp³-hybridized carbons (Fsp3) is 0.400. The number of benzene rings is 2. The van der Waals surface area contributed by atoms with E-state index in [-0.39, 0.29) is 5.38 Å². The summed E-state index contributed by atoms with van der Waals surface area (Å²) in [4.78, 5) is 0. The van der Waals surface area contributed by atoms with Gasteiger partial charge in [-0.1, -0.05) is 55.8 Å². The Morgan fingerprint density at radius 3 is 2.33 bits per heavy atom. The molecule has 112 valence electrons. The highest BCUT2D eigenvalue weighted by Gasteiger charge is 2.14. The van der Waals surface area contributed by atoms with Crippen molar-refractivity contribution in [2.75, 3.05) is 0 Å². The zero-order valence-corrected chi connectivity index (χ0v) is 14.3. The Bertz CT molecular complexity index is 613. The Kier molecular flexibility index (Phi) is 5.47. The van der Waals surface area contributed by atoms with Gasteiger partial charge in [-0.3, -0.25) is 0 Å². The van der Waals surface area contributed by atoms with Crippen LogP contribution in [0.1, 0.15) is 52.6 Å². The number of aryl methyl sites for hydroxylation is 4. The maximum atomic E-state index is 6.78. The summed E-state index contributed by atoms with van der Waals surface area (Å²) in [5.74, 6) is 0. The van der Waals surface area contributed by atoms with E-state index in [1.54, 1.807) is 0 Å². The number of hydrogen-bond donors (Lipinski definition) is 0. The minimum absolute atomic E-state index is 0.0481. The van der Waals surface area contributed by atoms with Crippen LogP contribution in [0, 0.1) is 13.8 Å². The molecule has 0 spiro atoms. The Balaban J connectivity index is 2.31. The van der Waals surface area contributed by atoms with Crippen LogP contribution < -0.4 is 0 Å². The topological polar surface area (TPSA) is 0 Å². The first-order valence-electron chi connectivity index (χ1n) is 7.87. The van der Waals surface area contributed by atoms with E-state index in [2.05, 4.69) is 64.1 Å². The number of halogens is 1. The molecule has 0 amide bonds. The number of alkyl halides is 1. The van der Waals surface area contributed by atoms with Crippen LogP contribution in [-0.2, 0) is 19.3 Å². The van der Waals surface area contributed by atoms with Crippen molar-refractivity contribution in [1.82, 2.24) is 0 Å². The SMILES string of the molecule is CCc1ccc(CC)c(C(Cl)Cc2cc(C)ccc2C)c1. The normalized spacial score (nSPS) is 12.4. The van der Waals surface area contributed by atoms with Crippen LogP contribution in [0.15, 0.2) is 36.4 Å². The van der Waals surface area contributed by atoms with Crippen LogP contribution in [0.2, 0.25) is 0 Å². The third-order valence-corrected chi connectivity index (χ3v) is 4.63. The van der Waals surface area contributed by atoms with Gasteiger partial charge in [0.2, 0.25) is 0 Å². The lowest BCUT2D eigenvalue weighted by atomic mass is 9.93. The summed E-state index contributed by atoms with van der Waals surface area (Å²) in [6.07, 6.45) is 2.99. The minimum Gasteiger partial charge on any atom is -0.117 e. The summed E-state index contributed by atoms with van der Waals surface area (Å²) in [6, 6.07) is 13.4. The Morgan fingerprint density at radius 2 is 1.67 bits per heavy atom. The van der Waals surface area contributed by atoms with Crippen molar-refractivity contribution in [3.8, 4) is 0 Å². The van der Waals surface area contributed by atoms with Crippen LogP contribution in [0.3, 0.4) is 0 Å². The van der Waals surface area contributed by atoms with Crippen LogP contribution in [0.5, 0.6) is 0 Å². The van der Waals surface area contributed by atoms with E-state index in [9.17, 15) is 0 Å². The van der Waals surface area contributed by atoms with Crippen LogP contribution in [-0.4, -0.2) is 0 Å². The van der Waals surface area contributed by atoms with E-state index >= 15 is 0 Å². The second-order valence-corrected chi connectivity index (χ2v) is 6.37. The highest BCUT2D eigenvalue weighted by molar-refractivity contribution is 6.21. The van der Waals surface area contributed by atoms with E-state index in [1.807, 2.05) is 0 Å². The molecule has 0 aliphatic rings. The second kappa shape index (κ2) is 7.13. The van der Waals surface area contributed by atoms with E-state index in [1.165, 1.54) is 33.4 Å². The zero-order chi connectivity index (χ0) is 15.4. The molecule has 2 rings (SSSR count). The fourth-order valence-electron chi connectivity index (χ4n) is 2.80. The average molecular weight is 301 g/mol. The predicted octanol–water partition coefficient (Wildman–Crippen LogP) is 5.95. The molecule has 0 saturated carbocycles. The molecule has 0 heterocycles. The predicted molar refractivity (Wildman–Crippen MR) is 93.4 cm³/mol. The number of rotatable bonds is 5. The fourth-order valence-corrected chi connectivity index (χ4v) is 3.17. The lowest BCUT2D eigenvalue weighted by molar-refractivity contribution is 0.882. The van der Waals surface area contributed by atoms with Crippen LogP contribution in [0.4, 0.5) is 0 Å². The molecular formula is C20H25Cl. The van der Waals surface area contributed by atoms with Crippen molar-refractivity contribution in [1.29, 1.82) is 0 Å². The number of hydrogen-bond acceptors (Lipinski definition) is 0. The molecule has 0 aromatic heterocycles. The van der Waals surface area contributed by atoms with Crippen molar-refractivity contribution in [3.05, 3.63) is 69.8 Å². The van der Waals surface area contributed by atoms with Crippen molar-refractivity contribution < 1.29 is 0 Å². The molecular weight excluding hydrogens is 276 g/mol. The van der Waals surface area contributed by atoms with Crippen molar-refractivity contribution >= 4 is 11.6 Å². The Hall–Kier alpha value is -1.27. The molecule has 1 heteroatoms. The van der Waals surface area contributed by atoms with Gasteiger partial charge in [-0.25, -0.2) is 0 Å². The van der Waals surface area contributed by atoms with Gasteiger partial charge in [0.1, 0.15) is 0 Å². The maximum absolute atomic E-state index is 6.78. The monoisotopic (exact) mass is 300 g/mol. The van der Waals surface area contributed by atoms with Gasteiger partial charge in [0, 0.05) is 0 Å². The van der Waals surface area contributed by atoms with E-state index in [0.717, 1.165) is 19.3 Å². The van der Waals surface area contributed by atoms with Gasteiger partial charge in [0.15, 0.2) is 0 Å². The summed E-state index contributed by atoms with van der Waals surface area (Å²) >= 11 is 6.78. The molecule has 0 aliphatic carbocycles. The quantitative estimate of drug-likeness (QED) is 0.598. The average Bonchev–Trinajstić information content (AvgIpc) is 2.50. The molecule has 0 saturated heterocycles. The van der Waals surface area contributed by atoms with E-state index in [4.69, 9.17) is 11.6 Å². The van der Waals surface area contributed by atoms with Gasteiger partial charge in [-0.2, -0.15) is 0 Å². The van der Waals surface area contributed by atoms with Gasteiger partial charge in [-0.05, 0) is 60.9 Å². The third kappa shape index (κ3) is 3.89. The van der Waals surface area contributed by atoms with Gasteiger partial charge in [-0.15, -0.1) is 11.6 Å². The van der Waals surface area contributed by atoms with Gasteiger partial charge in [0.05, 0.1) is 5.38 Å². The lowest BCUT2D eigenvalue weighted by Crippen LogP contribution is -2.03. The Labute approximate surface area is 134 Å². The zero-order valence-electron chi connectivity index (χ0n) is 13.5. The van der Waals surface area contributed by atoms with Crippen molar-refractivity contribution in [2.24, 2.45) is 0 Å². The lowest BCUT2D eigenvalue weighted by Gasteiger charge is -2.17. The Morgan fingerprint density at radius 1 is 0.905 bits per heavy atom. The first-order valence-corrected chi connectivity index (χ1v) is 8.30. The maximum Gasteiger partial charge on any atom is 0.0628 e. The first kappa shape index (κ1) is 16.1.